The van der Waals surface area contributed by atoms with E-state index in [1.807, 2.05) is 4.90 Å². The number of rotatable bonds is 6. The minimum Gasteiger partial charge on any atom is -0.459 e. The third-order valence-electron chi connectivity index (χ3n) is 4.43. The monoisotopic (exact) mass is 359 g/mol. The summed E-state index contributed by atoms with van der Waals surface area (Å²) in [5.74, 6) is -0.125. The zero-order valence-electron chi connectivity index (χ0n) is 14.5. The number of nitrogens with zero attached hydrogens (tertiary/aromatic N) is 2. The van der Waals surface area contributed by atoms with E-state index in [4.69, 9.17) is 4.42 Å². The highest BCUT2D eigenvalue weighted by Crippen LogP contribution is 2.09. The first-order chi connectivity index (χ1) is 12.6. The SMILES string of the molecule is O=C(CN1CCN(C(=O)c2ccco2)CC1)NCCc1ccccc1F. The molecule has 0 saturated carbocycles. The normalized spacial score (nSPS) is 15.0. The molecule has 1 aromatic carbocycles. The van der Waals surface area contributed by atoms with Crippen LogP contribution in [0.1, 0.15) is 16.1 Å². The van der Waals surface area contributed by atoms with Gasteiger partial charge in [0.05, 0.1) is 12.8 Å². The maximum absolute atomic E-state index is 13.5. The van der Waals surface area contributed by atoms with Crippen LogP contribution in [-0.4, -0.2) is 60.9 Å². The standard InChI is InChI=1S/C19H22FN3O3/c20-16-5-2-1-4-15(16)7-8-21-18(24)14-22-9-11-23(12-10-22)19(25)17-6-3-13-26-17/h1-6,13H,7-12,14H2,(H,21,24). The second kappa shape index (κ2) is 8.62. The Hall–Kier alpha value is -2.67. The lowest BCUT2D eigenvalue weighted by Gasteiger charge is -2.33. The summed E-state index contributed by atoms with van der Waals surface area (Å²) in [4.78, 5) is 28.0. The molecule has 2 heterocycles. The number of carbonyl (C=O) groups is 2. The quantitative estimate of drug-likeness (QED) is 0.850. The lowest BCUT2D eigenvalue weighted by atomic mass is 10.1. The van der Waals surface area contributed by atoms with Crippen LogP contribution < -0.4 is 5.32 Å². The van der Waals surface area contributed by atoms with E-state index in [2.05, 4.69) is 5.32 Å². The Bertz CT molecular complexity index is 740. The molecule has 0 atom stereocenters. The highest BCUT2D eigenvalue weighted by molar-refractivity contribution is 5.91. The van der Waals surface area contributed by atoms with Crippen molar-refractivity contribution in [2.24, 2.45) is 0 Å². The van der Waals surface area contributed by atoms with Gasteiger partial charge in [-0.25, -0.2) is 4.39 Å². The summed E-state index contributed by atoms with van der Waals surface area (Å²) < 4.78 is 18.7. The van der Waals surface area contributed by atoms with Crippen molar-refractivity contribution in [2.75, 3.05) is 39.3 Å². The van der Waals surface area contributed by atoms with E-state index in [-0.39, 0.29) is 24.2 Å². The van der Waals surface area contributed by atoms with Crippen LogP contribution in [0, 0.1) is 5.82 Å². The van der Waals surface area contributed by atoms with Crippen molar-refractivity contribution in [1.82, 2.24) is 15.1 Å². The van der Waals surface area contributed by atoms with E-state index in [0.29, 0.717) is 50.5 Å². The summed E-state index contributed by atoms with van der Waals surface area (Å²) in [6.07, 6.45) is 1.94. The third kappa shape index (κ3) is 4.70. The van der Waals surface area contributed by atoms with E-state index in [0.717, 1.165) is 0 Å². The second-order valence-electron chi connectivity index (χ2n) is 6.24. The summed E-state index contributed by atoms with van der Waals surface area (Å²) in [5.41, 5.74) is 0.595. The van der Waals surface area contributed by atoms with Crippen LogP contribution in [0.15, 0.2) is 47.1 Å². The van der Waals surface area contributed by atoms with Crippen LogP contribution in [0.25, 0.3) is 0 Å². The van der Waals surface area contributed by atoms with Crippen molar-refractivity contribution in [1.29, 1.82) is 0 Å². The van der Waals surface area contributed by atoms with Gasteiger partial charge in [-0.3, -0.25) is 14.5 Å². The number of hydrogen-bond acceptors (Lipinski definition) is 4. The molecule has 0 bridgehead atoms. The average molecular weight is 359 g/mol. The number of carbonyl (C=O) groups excluding carboxylic acids is 2. The predicted molar refractivity (Wildman–Crippen MR) is 94.2 cm³/mol. The zero-order valence-corrected chi connectivity index (χ0v) is 14.5. The fourth-order valence-electron chi connectivity index (χ4n) is 2.96. The molecule has 6 nitrogen and oxygen atoms in total. The van der Waals surface area contributed by atoms with Crippen molar-refractivity contribution < 1.29 is 18.4 Å². The van der Waals surface area contributed by atoms with Crippen LogP contribution in [0.4, 0.5) is 4.39 Å². The van der Waals surface area contributed by atoms with E-state index in [1.54, 1.807) is 35.2 Å². The molecule has 1 N–H and O–H groups in total. The van der Waals surface area contributed by atoms with Crippen LogP contribution in [-0.2, 0) is 11.2 Å². The van der Waals surface area contributed by atoms with Crippen molar-refractivity contribution in [3.63, 3.8) is 0 Å². The van der Waals surface area contributed by atoms with Gasteiger partial charge in [0.1, 0.15) is 5.82 Å². The number of amides is 2. The fourth-order valence-corrected chi connectivity index (χ4v) is 2.96. The van der Waals surface area contributed by atoms with Gasteiger partial charge >= 0.3 is 0 Å². The first-order valence-electron chi connectivity index (χ1n) is 8.69. The van der Waals surface area contributed by atoms with Gasteiger partial charge in [0, 0.05) is 32.7 Å². The van der Waals surface area contributed by atoms with E-state index in [1.165, 1.54) is 12.3 Å². The molecule has 26 heavy (non-hydrogen) atoms. The maximum atomic E-state index is 13.5. The molecule has 0 unspecified atom stereocenters. The molecule has 1 saturated heterocycles. The Kier molecular flexibility index (Phi) is 6.01. The summed E-state index contributed by atoms with van der Waals surface area (Å²) in [5, 5.41) is 2.82. The molecule has 1 aliphatic heterocycles. The Balaban J connectivity index is 1.37. The number of benzene rings is 1. The number of nitrogens with one attached hydrogen (secondary N) is 1. The summed E-state index contributed by atoms with van der Waals surface area (Å²) in [7, 11) is 0. The molecular formula is C19H22FN3O3. The highest BCUT2D eigenvalue weighted by atomic mass is 19.1. The van der Waals surface area contributed by atoms with Gasteiger partial charge in [-0.2, -0.15) is 0 Å². The summed E-state index contributed by atoms with van der Waals surface area (Å²) in [6, 6.07) is 9.90. The van der Waals surface area contributed by atoms with Crippen molar-refractivity contribution in [3.05, 3.63) is 59.8 Å². The summed E-state index contributed by atoms with van der Waals surface area (Å²) >= 11 is 0. The van der Waals surface area contributed by atoms with Gasteiger partial charge in [0.2, 0.25) is 5.91 Å². The molecule has 1 fully saturated rings. The molecule has 3 rings (SSSR count). The lowest BCUT2D eigenvalue weighted by Crippen LogP contribution is -2.51. The molecule has 1 aromatic heterocycles. The largest absolute Gasteiger partial charge is 0.459 e. The van der Waals surface area contributed by atoms with E-state index in [9.17, 15) is 14.0 Å². The van der Waals surface area contributed by atoms with Crippen LogP contribution in [0.3, 0.4) is 0 Å². The highest BCUT2D eigenvalue weighted by Gasteiger charge is 2.24. The molecule has 138 valence electrons. The van der Waals surface area contributed by atoms with Gasteiger partial charge in [0.25, 0.3) is 5.91 Å². The Morgan fingerprint density at radius 1 is 1.08 bits per heavy atom. The fraction of sp³-hybridized carbons (Fsp3) is 0.368. The van der Waals surface area contributed by atoms with Crippen LogP contribution in [0.5, 0.6) is 0 Å². The number of hydrogen-bond donors (Lipinski definition) is 1. The first kappa shape index (κ1) is 18.1. The van der Waals surface area contributed by atoms with Crippen LogP contribution >= 0.6 is 0 Å². The molecule has 7 heteroatoms. The smallest absolute Gasteiger partial charge is 0.289 e. The Labute approximate surface area is 151 Å². The third-order valence-corrected chi connectivity index (χ3v) is 4.43. The molecule has 0 radical (unpaired) electrons. The molecular weight excluding hydrogens is 337 g/mol. The Morgan fingerprint density at radius 2 is 1.85 bits per heavy atom. The minimum absolute atomic E-state index is 0.0906. The van der Waals surface area contributed by atoms with Crippen molar-refractivity contribution >= 4 is 11.8 Å². The number of furan rings is 1. The maximum Gasteiger partial charge on any atom is 0.289 e. The molecule has 0 aliphatic carbocycles. The van der Waals surface area contributed by atoms with Gasteiger partial charge in [-0.15, -0.1) is 0 Å². The molecule has 2 aromatic rings. The predicted octanol–water partition coefficient (Wildman–Crippen LogP) is 1.54. The first-order valence-corrected chi connectivity index (χ1v) is 8.69. The van der Waals surface area contributed by atoms with Crippen LogP contribution in [0.2, 0.25) is 0 Å². The number of halogens is 1. The minimum atomic E-state index is -0.251. The average Bonchev–Trinajstić information content (AvgIpc) is 3.18. The van der Waals surface area contributed by atoms with Gasteiger partial charge in [-0.1, -0.05) is 18.2 Å². The van der Waals surface area contributed by atoms with E-state index < -0.39 is 0 Å². The van der Waals surface area contributed by atoms with Gasteiger partial charge in [0.15, 0.2) is 5.76 Å². The van der Waals surface area contributed by atoms with E-state index >= 15 is 0 Å². The molecule has 0 spiro atoms. The van der Waals surface area contributed by atoms with Gasteiger partial charge < -0.3 is 14.6 Å². The topological polar surface area (TPSA) is 65.8 Å². The summed E-state index contributed by atoms with van der Waals surface area (Å²) in [6.45, 7) is 3.06. The molecule has 2 amide bonds. The lowest BCUT2D eigenvalue weighted by molar-refractivity contribution is -0.122. The van der Waals surface area contributed by atoms with Crippen molar-refractivity contribution in [2.45, 2.75) is 6.42 Å². The van der Waals surface area contributed by atoms with Crippen molar-refractivity contribution in [3.8, 4) is 0 Å². The molecule has 1 aliphatic rings. The van der Waals surface area contributed by atoms with Gasteiger partial charge in [-0.05, 0) is 30.2 Å². The zero-order chi connectivity index (χ0) is 18.4. The Morgan fingerprint density at radius 3 is 2.54 bits per heavy atom. The second-order valence-corrected chi connectivity index (χ2v) is 6.24. The number of piperazine rings is 1.